The molecule has 1 rings (SSSR count). The van der Waals surface area contributed by atoms with E-state index >= 15 is 0 Å². The summed E-state index contributed by atoms with van der Waals surface area (Å²) in [6, 6.07) is 3.84. The van der Waals surface area contributed by atoms with Gasteiger partial charge in [0.15, 0.2) is 5.75 Å². The topological polar surface area (TPSA) is 121 Å². The molecule has 1 aromatic carbocycles. The van der Waals surface area contributed by atoms with Gasteiger partial charge in [-0.2, -0.15) is 0 Å². The number of nitrogens with zero attached hydrogens (tertiary/aromatic N) is 1. The highest BCUT2D eigenvalue weighted by Gasteiger charge is 2.28. The van der Waals surface area contributed by atoms with Crippen LogP contribution in [0.2, 0.25) is 5.02 Å². The smallest absolute Gasteiger partial charge is 0.311 e. The minimum absolute atomic E-state index is 0.0644. The fourth-order valence-electron chi connectivity index (χ4n) is 1.05. The first-order chi connectivity index (χ1) is 8.24. The van der Waals surface area contributed by atoms with Crippen LogP contribution in [0, 0.1) is 10.1 Å². The molecule has 1 atom stereocenters. The average Bonchev–Trinajstić information content (AvgIpc) is 2.26. The van der Waals surface area contributed by atoms with E-state index in [1.807, 2.05) is 0 Å². The van der Waals surface area contributed by atoms with Gasteiger partial charge >= 0.3 is 5.69 Å². The lowest BCUT2D eigenvalue weighted by Crippen LogP contribution is -2.53. The van der Waals surface area contributed by atoms with E-state index in [1.165, 1.54) is 25.1 Å². The predicted octanol–water partition coefficient (Wildman–Crippen LogP) is 0.830. The largest absolute Gasteiger partial charge is 0.484 e. The Morgan fingerprint density at radius 3 is 2.72 bits per heavy atom. The lowest BCUT2D eigenvalue weighted by Gasteiger charge is -2.20. The number of nitro groups is 1. The fourth-order valence-corrected chi connectivity index (χ4v) is 1.22. The van der Waals surface area contributed by atoms with E-state index in [-0.39, 0.29) is 23.1 Å². The molecule has 8 heteroatoms. The van der Waals surface area contributed by atoms with Crippen LogP contribution >= 0.6 is 11.6 Å². The first kappa shape index (κ1) is 14.2. The summed E-state index contributed by atoms with van der Waals surface area (Å²) in [6.45, 7) is 1.08. The van der Waals surface area contributed by atoms with E-state index in [9.17, 15) is 14.9 Å². The highest BCUT2D eigenvalue weighted by Crippen LogP contribution is 2.30. The third-order valence-electron chi connectivity index (χ3n) is 2.21. The molecule has 1 unspecified atom stereocenters. The van der Waals surface area contributed by atoms with Gasteiger partial charge in [-0.1, -0.05) is 11.6 Å². The van der Waals surface area contributed by atoms with Crippen LogP contribution < -0.4 is 16.2 Å². The molecule has 0 spiro atoms. The molecule has 98 valence electrons. The van der Waals surface area contributed by atoms with E-state index in [4.69, 9.17) is 27.8 Å². The van der Waals surface area contributed by atoms with Gasteiger partial charge in [0.1, 0.15) is 12.1 Å². The molecule has 0 aromatic heterocycles. The number of halogens is 1. The maximum Gasteiger partial charge on any atom is 0.311 e. The van der Waals surface area contributed by atoms with Gasteiger partial charge in [0.05, 0.1) is 4.92 Å². The Kier molecular flexibility index (Phi) is 4.10. The lowest BCUT2D eigenvalue weighted by molar-refractivity contribution is -0.385. The van der Waals surface area contributed by atoms with Crippen molar-refractivity contribution in [2.24, 2.45) is 11.5 Å². The average molecular weight is 274 g/mol. The number of hydrogen-bond acceptors (Lipinski definition) is 5. The second kappa shape index (κ2) is 5.19. The van der Waals surface area contributed by atoms with Crippen LogP contribution in [0.25, 0.3) is 0 Å². The highest BCUT2D eigenvalue weighted by atomic mass is 35.5. The van der Waals surface area contributed by atoms with Crippen LogP contribution in [0.5, 0.6) is 5.75 Å². The van der Waals surface area contributed by atoms with Crippen LogP contribution in [-0.4, -0.2) is 23.0 Å². The quantitative estimate of drug-likeness (QED) is 0.608. The summed E-state index contributed by atoms with van der Waals surface area (Å²) in [5, 5.41) is 11.0. The standard InChI is InChI=1S/C10H12ClN3O4/c1-10(13,9(12)15)5-18-8-4-6(11)2-3-7(8)14(16)17/h2-4H,5,13H2,1H3,(H2,12,15). The molecule has 4 N–H and O–H groups in total. The molecule has 0 radical (unpaired) electrons. The molecule has 0 aliphatic carbocycles. The summed E-state index contributed by atoms with van der Waals surface area (Å²) in [6.07, 6.45) is 0. The summed E-state index contributed by atoms with van der Waals surface area (Å²) in [5.41, 5.74) is 8.94. The third kappa shape index (κ3) is 3.31. The van der Waals surface area contributed by atoms with Crippen molar-refractivity contribution in [2.45, 2.75) is 12.5 Å². The summed E-state index contributed by atoms with van der Waals surface area (Å²) < 4.78 is 5.15. The summed E-state index contributed by atoms with van der Waals surface area (Å²) >= 11 is 5.71. The second-order valence-corrected chi connectivity index (χ2v) is 4.38. The fraction of sp³-hybridized carbons (Fsp3) is 0.300. The minimum Gasteiger partial charge on any atom is -0.484 e. The highest BCUT2D eigenvalue weighted by molar-refractivity contribution is 6.30. The van der Waals surface area contributed by atoms with Crippen molar-refractivity contribution in [3.63, 3.8) is 0 Å². The van der Waals surface area contributed by atoms with Gasteiger partial charge in [0.2, 0.25) is 5.91 Å². The van der Waals surface area contributed by atoms with Crippen molar-refractivity contribution < 1.29 is 14.5 Å². The minimum atomic E-state index is -1.42. The Bertz CT molecular complexity index is 490. The number of nitro benzene ring substituents is 1. The molecule has 0 saturated heterocycles. The zero-order chi connectivity index (χ0) is 13.9. The van der Waals surface area contributed by atoms with Crippen molar-refractivity contribution in [1.82, 2.24) is 0 Å². The molecular formula is C10H12ClN3O4. The number of primary amides is 1. The molecule has 0 aliphatic rings. The van der Waals surface area contributed by atoms with Gasteiger partial charge in [-0.25, -0.2) is 0 Å². The SMILES string of the molecule is CC(N)(COc1cc(Cl)ccc1[N+](=O)[O-])C(N)=O. The Morgan fingerprint density at radius 1 is 1.61 bits per heavy atom. The normalized spacial score (nSPS) is 13.7. The lowest BCUT2D eigenvalue weighted by atomic mass is 10.1. The van der Waals surface area contributed by atoms with Gasteiger partial charge in [0, 0.05) is 17.2 Å². The van der Waals surface area contributed by atoms with E-state index in [0.29, 0.717) is 0 Å². The molecule has 0 saturated carbocycles. The van der Waals surface area contributed by atoms with Gasteiger partial charge < -0.3 is 16.2 Å². The Hall–Kier alpha value is -1.86. The molecule has 7 nitrogen and oxygen atoms in total. The van der Waals surface area contributed by atoms with Gasteiger partial charge in [0.25, 0.3) is 0 Å². The number of rotatable bonds is 5. The molecular weight excluding hydrogens is 262 g/mol. The molecule has 0 heterocycles. The molecule has 0 aliphatic heterocycles. The zero-order valence-corrected chi connectivity index (χ0v) is 10.3. The number of amides is 1. The summed E-state index contributed by atoms with van der Waals surface area (Å²) in [5.74, 6) is -0.836. The van der Waals surface area contributed by atoms with Gasteiger partial charge in [-0.3, -0.25) is 14.9 Å². The number of carbonyl (C=O) groups excluding carboxylic acids is 1. The molecule has 1 amide bonds. The maximum absolute atomic E-state index is 11.0. The van der Waals surface area contributed by atoms with Gasteiger partial charge in [-0.15, -0.1) is 0 Å². The molecule has 0 fully saturated rings. The first-order valence-corrected chi connectivity index (χ1v) is 5.27. The van der Waals surface area contributed by atoms with Crippen LogP contribution in [0.1, 0.15) is 6.92 Å². The van der Waals surface area contributed by atoms with Crippen molar-refractivity contribution in [3.8, 4) is 5.75 Å². The number of nitrogens with two attached hydrogens (primary N) is 2. The van der Waals surface area contributed by atoms with E-state index in [1.54, 1.807) is 0 Å². The van der Waals surface area contributed by atoms with Crippen LogP contribution in [0.15, 0.2) is 18.2 Å². The number of ether oxygens (including phenoxy) is 1. The molecule has 0 bridgehead atoms. The van der Waals surface area contributed by atoms with E-state index in [0.717, 1.165) is 0 Å². The van der Waals surface area contributed by atoms with Crippen molar-refractivity contribution >= 4 is 23.2 Å². The number of hydrogen-bond donors (Lipinski definition) is 2. The number of carbonyl (C=O) groups is 1. The maximum atomic E-state index is 11.0. The second-order valence-electron chi connectivity index (χ2n) is 3.94. The Balaban J connectivity index is 2.94. The van der Waals surface area contributed by atoms with Gasteiger partial charge in [-0.05, 0) is 13.0 Å². The van der Waals surface area contributed by atoms with E-state index < -0.39 is 16.4 Å². The third-order valence-corrected chi connectivity index (χ3v) is 2.44. The Morgan fingerprint density at radius 2 is 2.22 bits per heavy atom. The first-order valence-electron chi connectivity index (χ1n) is 4.89. The Labute approximate surface area is 108 Å². The van der Waals surface area contributed by atoms with Crippen LogP contribution in [0.3, 0.4) is 0 Å². The zero-order valence-electron chi connectivity index (χ0n) is 9.55. The van der Waals surface area contributed by atoms with Crippen molar-refractivity contribution in [3.05, 3.63) is 33.3 Å². The van der Waals surface area contributed by atoms with Crippen molar-refractivity contribution in [1.29, 1.82) is 0 Å². The molecule has 18 heavy (non-hydrogen) atoms. The monoisotopic (exact) mass is 273 g/mol. The van der Waals surface area contributed by atoms with Crippen LogP contribution in [-0.2, 0) is 4.79 Å². The van der Waals surface area contributed by atoms with Crippen molar-refractivity contribution in [2.75, 3.05) is 6.61 Å². The molecule has 1 aromatic rings. The predicted molar refractivity (Wildman–Crippen MR) is 65.4 cm³/mol. The summed E-state index contributed by atoms with van der Waals surface area (Å²) in [7, 11) is 0. The number of benzene rings is 1. The van der Waals surface area contributed by atoms with E-state index in [2.05, 4.69) is 0 Å². The summed E-state index contributed by atoms with van der Waals surface area (Å²) in [4.78, 5) is 21.1. The van der Waals surface area contributed by atoms with Crippen LogP contribution in [0.4, 0.5) is 5.69 Å².